The average Bonchev–Trinajstić information content (AvgIpc) is 3.52. The second kappa shape index (κ2) is 12.5. The van der Waals surface area contributed by atoms with Gasteiger partial charge in [-0.05, 0) is 98.6 Å². The fourth-order valence-corrected chi connectivity index (χ4v) is 7.66. The molecule has 0 bridgehead atoms. The highest BCUT2D eigenvalue weighted by Gasteiger charge is 2.23. The number of furan rings is 1. The summed E-state index contributed by atoms with van der Waals surface area (Å²) in [5, 5.41) is 2.27. The molecule has 0 saturated heterocycles. The van der Waals surface area contributed by atoms with Gasteiger partial charge in [0.15, 0.2) is 0 Å². The predicted molar refractivity (Wildman–Crippen MR) is 219 cm³/mol. The molecular weight excluding hydrogens is 631 g/mol. The quantitative estimate of drug-likeness (QED) is 0.182. The fourth-order valence-electron chi connectivity index (χ4n) is 7.66. The van der Waals surface area contributed by atoms with E-state index in [1.165, 1.54) is 33.4 Å². The van der Waals surface area contributed by atoms with Crippen LogP contribution in [0, 0.1) is 0 Å². The summed E-state index contributed by atoms with van der Waals surface area (Å²) in [6.07, 6.45) is 4.54. The summed E-state index contributed by atoms with van der Waals surface area (Å²) < 4.78 is 6.49. The maximum atomic E-state index is 6.49. The third-order valence-electron chi connectivity index (χ3n) is 10.2. The van der Waals surface area contributed by atoms with Gasteiger partial charge in [-0.2, -0.15) is 0 Å². The molecule has 0 spiro atoms. The zero-order valence-electron chi connectivity index (χ0n) is 28.4. The minimum absolute atomic E-state index is 0.906. The molecule has 1 aliphatic heterocycles. The van der Waals surface area contributed by atoms with Gasteiger partial charge in [0.1, 0.15) is 11.2 Å². The molecule has 9 aromatic rings. The maximum absolute atomic E-state index is 6.49. The third kappa shape index (κ3) is 5.21. The van der Waals surface area contributed by atoms with Crippen LogP contribution in [0.5, 0.6) is 0 Å². The standard InChI is InChI=1S/C50H33NO/c1-4-13-34(14-5-1)37-25-27-47-39(29-37)23-24-40-30-38(44-20-12-21-46-45-19-10-11-22-49(45)52-50(44)46)26-28-48(40)51(47)43-32-41(35-15-6-2-7-16-35)31-42(33-43)36-17-8-3-9-18-36/h1-33H. The van der Waals surface area contributed by atoms with E-state index in [2.05, 4.69) is 193 Å². The Morgan fingerprint density at radius 1 is 0.346 bits per heavy atom. The Bertz CT molecular complexity index is 2720. The van der Waals surface area contributed by atoms with E-state index in [1.807, 2.05) is 12.1 Å². The molecule has 52 heavy (non-hydrogen) atoms. The van der Waals surface area contributed by atoms with Gasteiger partial charge in [-0.25, -0.2) is 0 Å². The lowest BCUT2D eigenvalue weighted by Crippen LogP contribution is -2.12. The van der Waals surface area contributed by atoms with Crippen molar-refractivity contribution in [2.45, 2.75) is 0 Å². The van der Waals surface area contributed by atoms with Crippen molar-refractivity contribution in [1.29, 1.82) is 0 Å². The van der Waals surface area contributed by atoms with Crippen LogP contribution in [-0.4, -0.2) is 0 Å². The van der Waals surface area contributed by atoms with Crippen molar-refractivity contribution >= 4 is 51.2 Å². The summed E-state index contributed by atoms with van der Waals surface area (Å²) in [5.41, 5.74) is 16.8. The Hall–Kier alpha value is -6.90. The molecule has 0 unspecified atom stereocenters. The minimum atomic E-state index is 0.906. The van der Waals surface area contributed by atoms with Crippen LogP contribution in [0.3, 0.4) is 0 Å². The SMILES string of the molecule is C1=Cc2cc(-c3cccc4c3oc3ccccc34)ccc2N(c2cc(-c3ccccc3)cc(-c3ccccc3)c2)c2ccc(-c3ccccc3)cc21. The van der Waals surface area contributed by atoms with Gasteiger partial charge < -0.3 is 9.32 Å². The third-order valence-corrected chi connectivity index (χ3v) is 10.2. The van der Waals surface area contributed by atoms with Crippen LogP contribution in [0.15, 0.2) is 192 Å². The molecule has 0 radical (unpaired) electrons. The van der Waals surface area contributed by atoms with E-state index in [4.69, 9.17) is 4.42 Å². The summed E-state index contributed by atoms with van der Waals surface area (Å²) in [4.78, 5) is 2.43. The largest absolute Gasteiger partial charge is 0.455 e. The van der Waals surface area contributed by atoms with Crippen LogP contribution in [-0.2, 0) is 0 Å². The molecule has 244 valence electrons. The molecule has 2 heterocycles. The van der Waals surface area contributed by atoms with Crippen molar-refractivity contribution in [3.05, 3.63) is 199 Å². The summed E-state index contributed by atoms with van der Waals surface area (Å²) in [6.45, 7) is 0. The molecule has 0 aliphatic carbocycles. The number of rotatable bonds is 5. The van der Waals surface area contributed by atoms with Gasteiger partial charge >= 0.3 is 0 Å². The van der Waals surface area contributed by atoms with Crippen molar-refractivity contribution in [2.24, 2.45) is 0 Å². The van der Waals surface area contributed by atoms with Gasteiger partial charge in [0, 0.05) is 22.0 Å². The lowest BCUT2D eigenvalue weighted by atomic mass is 9.96. The van der Waals surface area contributed by atoms with Crippen LogP contribution in [0.1, 0.15) is 11.1 Å². The topological polar surface area (TPSA) is 16.4 Å². The summed E-state index contributed by atoms with van der Waals surface area (Å²) in [7, 11) is 0. The molecule has 10 rings (SSSR count). The lowest BCUT2D eigenvalue weighted by Gasteiger charge is -2.29. The monoisotopic (exact) mass is 663 g/mol. The number of hydrogen-bond donors (Lipinski definition) is 0. The van der Waals surface area contributed by atoms with E-state index in [-0.39, 0.29) is 0 Å². The smallest absolute Gasteiger partial charge is 0.143 e. The number of para-hydroxylation sites is 2. The van der Waals surface area contributed by atoms with E-state index in [0.717, 1.165) is 61.3 Å². The molecule has 0 N–H and O–H groups in total. The normalized spacial score (nSPS) is 12.1. The van der Waals surface area contributed by atoms with Crippen LogP contribution >= 0.6 is 0 Å². The molecule has 2 heteroatoms. The van der Waals surface area contributed by atoms with Gasteiger partial charge in [0.05, 0.1) is 11.4 Å². The molecule has 8 aromatic carbocycles. The maximum Gasteiger partial charge on any atom is 0.143 e. The Morgan fingerprint density at radius 2 is 0.865 bits per heavy atom. The Balaban J connectivity index is 1.20. The second-order valence-corrected chi connectivity index (χ2v) is 13.4. The van der Waals surface area contributed by atoms with Gasteiger partial charge in [0.25, 0.3) is 0 Å². The second-order valence-electron chi connectivity index (χ2n) is 13.4. The fraction of sp³-hybridized carbons (Fsp3) is 0. The minimum Gasteiger partial charge on any atom is -0.455 e. The first-order valence-corrected chi connectivity index (χ1v) is 17.8. The first kappa shape index (κ1) is 30.0. The zero-order chi connectivity index (χ0) is 34.4. The molecule has 1 aromatic heterocycles. The van der Waals surface area contributed by atoms with Gasteiger partial charge in [-0.3, -0.25) is 0 Å². The average molecular weight is 664 g/mol. The highest BCUT2D eigenvalue weighted by atomic mass is 16.3. The predicted octanol–water partition coefficient (Wildman–Crippen LogP) is 14.2. The Kier molecular flexibility index (Phi) is 7.18. The highest BCUT2D eigenvalue weighted by molar-refractivity contribution is 6.10. The van der Waals surface area contributed by atoms with Crippen molar-refractivity contribution in [3.63, 3.8) is 0 Å². The van der Waals surface area contributed by atoms with Crippen LogP contribution in [0.4, 0.5) is 17.1 Å². The first-order valence-electron chi connectivity index (χ1n) is 17.8. The molecule has 0 atom stereocenters. The van der Waals surface area contributed by atoms with Crippen LogP contribution < -0.4 is 4.90 Å². The van der Waals surface area contributed by atoms with Crippen molar-refractivity contribution in [3.8, 4) is 44.5 Å². The number of fused-ring (bicyclic) bond motifs is 5. The van der Waals surface area contributed by atoms with E-state index in [0.29, 0.717) is 0 Å². The van der Waals surface area contributed by atoms with Crippen molar-refractivity contribution < 1.29 is 4.42 Å². The highest BCUT2D eigenvalue weighted by Crippen LogP contribution is 2.47. The molecule has 2 nitrogen and oxygen atoms in total. The van der Waals surface area contributed by atoms with Crippen molar-refractivity contribution in [2.75, 3.05) is 4.90 Å². The number of nitrogens with zero attached hydrogens (tertiary/aromatic N) is 1. The lowest BCUT2D eigenvalue weighted by molar-refractivity contribution is 0.670. The van der Waals surface area contributed by atoms with E-state index in [9.17, 15) is 0 Å². The summed E-state index contributed by atoms with van der Waals surface area (Å²) >= 11 is 0. The van der Waals surface area contributed by atoms with E-state index >= 15 is 0 Å². The number of benzene rings is 8. The zero-order valence-corrected chi connectivity index (χ0v) is 28.4. The number of hydrogen-bond acceptors (Lipinski definition) is 2. The van der Waals surface area contributed by atoms with Gasteiger partial charge in [-0.1, -0.05) is 152 Å². The molecule has 1 aliphatic rings. The van der Waals surface area contributed by atoms with Crippen LogP contribution in [0.2, 0.25) is 0 Å². The first-order chi connectivity index (χ1) is 25.8. The Labute approximate surface area is 303 Å². The molecule has 0 fully saturated rings. The van der Waals surface area contributed by atoms with E-state index in [1.54, 1.807) is 0 Å². The van der Waals surface area contributed by atoms with E-state index < -0.39 is 0 Å². The molecule has 0 amide bonds. The summed E-state index contributed by atoms with van der Waals surface area (Å²) in [6, 6.07) is 67.3. The van der Waals surface area contributed by atoms with Crippen LogP contribution in [0.25, 0.3) is 78.6 Å². The molecule has 0 saturated carbocycles. The Morgan fingerprint density at radius 3 is 1.50 bits per heavy atom. The molecular formula is C50H33NO. The number of anilines is 3. The summed E-state index contributed by atoms with van der Waals surface area (Å²) in [5.74, 6) is 0. The van der Waals surface area contributed by atoms with Crippen molar-refractivity contribution in [1.82, 2.24) is 0 Å². The van der Waals surface area contributed by atoms with Gasteiger partial charge in [-0.15, -0.1) is 0 Å². The van der Waals surface area contributed by atoms with Gasteiger partial charge in [0.2, 0.25) is 0 Å².